The molecule has 3 rings (SSSR count). The second kappa shape index (κ2) is 3.57. The molecule has 2 heterocycles. The molecule has 0 aliphatic rings. The molecule has 1 aromatic carbocycles. The van der Waals surface area contributed by atoms with Crippen molar-refractivity contribution < 1.29 is 0 Å². The first-order valence-electron chi connectivity index (χ1n) is 5.73. The Kier molecular flexibility index (Phi) is 2.13. The van der Waals surface area contributed by atoms with Crippen molar-refractivity contribution in [3.8, 4) is 0 Å². The van der Waals surface area contributed by atoms with E-state index in [0.29, 0.717) is 10.8 Å². The van der Waals surface area contributed by atoms with Crippen molar-refractivity contribution in [1.29, 1.82) is 0 Å². The van der Waals surface area contributed by atoms with Crippen LogP contribution < -0.4 is 10.9 Å². The molecule has 0 spiro atoms. The molecule has 2 N–H and O–H groups in total. The normalized spacial score (nSPS) is 11.2. The molecule has 0 fully saturated rings. The second-order valence-corrected chi connectivity index (χ2v) is 4.43. The Balaban J connectivity index is 2.85. The average molecular weight is 240 g/mol. The highest BCUT2D eigenvalue weighted by Gasteiger charge is 2.13. The predicted molar refractivity (Wildman–Crippen MR) is 72.2 cm³/mol. The molecule has 0 unspecified atom stereocenters. The topological polar surface area (TPSA) is 65.7 Å². The number of aromatic amines is 2. The minimum atomic E-state index is -0.131. The lowest BCUT2D eigenvalue weighted by molar-refractivity contribution is 1.29. The third kappa shape index (κ3) is 1.26. The van der Waals surface area contributed by atoms with Crippen LogP contribution in [0.15, 0.2) is 34.1 Å². The molecule has 90 valence electrons. The lowest BCUT2D eigenvalue weighted by Crippen LogP contribution is -2.10. The van der Waals surface area contributed by atoms with Gasteiger partial charge >= 0.3 is 0 Å². The summed E-state index contributed by atoms with van der Waals surface area (Å²) in [6, 6.07) is 2.89. The number of hydrogen-bond donors (Lipinski definition) is 2. The maximum absolute atomic E-state index is 12.0. The van der Waals surface area contributed by atoms with Crippen LogP contribution in [0.25, 0.3) is 21.8 Å². The van der Waals surface area contributed by atoms with E-state index in [4.69, 9.17) is 0 Å². The van der Waals surface area contributed by atoms with Crippen LogP contribution in [0.4, 0.5) is 0 Å². The first-order chi connectivity index (χ1) is 8.61. The number of H-pyrrole nitrogens is 2. The molecular weight excluding hydrogens is 228 g/mol. The monoisotopic (exact) mass is 240 g/mol. The zero-order valence-corrected chi connectivity index (χ0v) is 10.1. The highest BCUT2D eigenvalue weighted by molar-refractivity contribution is 6.07. The van der Waals surface area contributed by atoms with Crippen LogP contribution >= 0.6 is 0 Å². The van der Waals surface area contributed by atoms with Crippen LogP contribution in [0.1, 0.15) is 11.1 Å². The fraction of sp³-hybridized carbons (Fsp3) is 0.143. The SMILES string of the molecule is Cc1c(C)c2[nH]ccc(=O)c2c2c(=O)cc[nH]c12. The van der Waals surface area contributed by atoms with Crippen molar-refractivity contribution in [3.63, 3.8) is 0 Å². The largest absolute Gasteiger partial charge is 0.361 e. The maximum Gasteiger partial charge on any atom is 0.190 e. The quantitative estimate of drug-likeness (QED) is 0.590. The van der Waals surface area contributed by atoms with Gasteiger partial charge in [0, 0.05) is 24.5 Å². The number of nitrogens with one attached hydrogen (secondary N) is 2. The Labute approximate surface area is 102 Å². The molecule has 18 heavy (non-hydrogen) atoms. The molecule has 0 atom stereocenters. The molecule has 0 aliphatic heterocycles. The molecule has 0 radical (unpaired) electrons. The summed E-state index contributed by atoms with van der Waals surface area (Å²) >= 11 is 0. The molecular formula is C14H12N2O2. The third-order valence-corrected chi connectivity index (χ3v) is 3.48. The van der Waals surface area contributed by atoms with E-state index in [1.807, 2.05) is 13.8 Å². The molecule has 4 heteroatoms. The number of aromatic nitrogens is 2. The lowest BCUT2D eigenvalue weighted by atomic mass is 9.99. The summed E-state index contributed by atoms with van der Waals surface area (Å²) in [5.74, 6) is 0. The minimum absolute atomic E-state index is 0.131. The number of benzene rings is 1. The summed E-state index contributed by atoms with van der Waals surface area (Å²) in [4.78, 5) is 30.2. The van der Waals surface area contributed by atoms with Crippen molar-refractivity contribution in [2.45, 2.75) is 13.8 Å². The predicted octanol–water partition coefficient (Wildman–Crippen LogP) is 1.99. The van der Waals surface area contributed by atoms with Crippen LogP contribution in [0, 0.1) is 13.8 Å². The third-order valence-electron chi connectivity index (χ3n) is 3.48. The van der Waals surface area contributed by atoms with Gasteiger partial charge in [-0.05, 0) is 25.0 Å². The van der Waals surface area contributed by atoms with Crippen molar-refractivity contribution in [1.82, 2.24) is 9.97 Å². The van der Waals surface area contributed by atoms with Crippen molar-refractivity contribution >= 4 is 21.8 Å². The summed E-state index contributed by atoms with van der Waals surface area (Å²) in [6.45, 7) is 3.89. The molecule has 0 aliphatic carbocycles. The van der Waals surface area contributed by atoms with Gasteiger partial charge in [0.25, 0.3) is 0 Å². The smallest absolute Gasteiger partial charge is 0.190 e. The van der Waals surface area contributed by atoms with E-state index < -0.39 is 0 Å². The van der Waals surface area contributed by atoms with E-state index in [1.54, 1.807) is 12.4 Å². The Hall–Kier alpha value is -2.36. The van der Waals surface area contributed by atoms with Gasteiger partial charge in [0.1, 0.15) is 0 Å². The zero-order valence-electron chi connectivity index (χ0n) is 10.1. The summed E-state index contributed by atoms with van der Waals surface area (Å²) in [5.41, 5.74) is 3.18. The molecule has 0 bridgehead atoms. The maximum atomic E-state index is 12.0. The van der Waals surface area contributed by atoms with Gasteiger partial charge in [0.15, 0.2) is 10.9 Å². The van der Waals surface area contributed by atoms with Crippen molar-refractivity contribution in [3.05, 3.63) is 56.1 Å². The van der Waals surface area contributed by atoms with E-state index >= 15 is 0 Å². The Bertz CT molecular complexity index is 813. The fourth-order valence-electron chi connectivity index (χ4n) is 2.42. The minimum Gasteiger partial charge on any atom is -0.361 e. The summed E-state index contributed by atoms with van der Waals surface area (Å²) < 4.78 is 0. The molecule has 3 aromatic rings. The van der Waals surface area contributed by atoms with Crippen LogP contribution in [-0.4, -0.2) is 9.97 Å². The Morgan fingerprint density at radius 3 is 1.56 bits per heavy atom. The van der Waals surface area contributed by atoms with Gasteiger partial charge < -0.3 is 9.97 Å². The number of fused-ring (bicyclic) bond motifs is 3. The second-order valence-electron chi connectivity index (χ2n) is 4.43. The standard InChI is InChI=1S/C14H12N2O2/c1-7-8(2)14-12(10(18)4-6-16-14)11-9(17)3-5-15-13(7)11/h3-6H,1-2H3,(H,15,17)(H,16,18). The molecule has 0 saturated heterocycles. The van der Waals surface area contributed by atoms with E-state index in [9.17, 15) is 9.59 Å². The Morgan fingerprint density at radius 1 is 0.778 bits per heavy atom. The number of rotatable bonds is 0. The Morgan fingerprint density at radius 2 is 1.17 bits per heavy atom. The number of hydrogen-bond acceptors (Lipinski definition) is 2. The molecule has 2 aromatic heterocycles. The first kappa shape index (κ1) is 10.8. The van der Waals surface area contributed by atoms with Gasteiger partial charge in [-0.2, -0.15) is 0 Å². The van der Waals surface area contributed by atoms with Crippen LogP contribution in [-0.2, 0) is 0 Å². The van der Waals surface area contributed by atoms with E-state index in [0.717, 1.165) is 22.2 Å². The summed E-state index contributed by atoms with van der Waals surface area (Å²) in [6.07, 6.45) is 3.22. The van der Waals surface area contributed by atoms with Crippen LogP contribution in [0.2, 0.25) is 0 Å². The van der Waals surface area contributed by atoms with Gasteiger partial charge in [-0.25, -0.2) is 0 Å². The number of pyridine rings is 2. The van der Waals surface area contributed by atoms with Gasteiger partial charge in [0.2, 0.25) is 0 Å². The van der Waals surface area contributed by atoms with Gasteiger partial charge in [-0.1, -0.05) is 0 Å². The average Bonchev–Trinajstić information content (AvgIpc) is 2.36. The number of aryl methyl sites for hydroxylation is 2. The van der Waals surface area contributed by atoms with Crippen LogP contribution in [0.3, 0.4) is 0 Å². The molecule has 4 nitrogen and oxygen atoms in total. The van der Waals surface area contributed by atoms with Gasteiger partial charge in [-0.15, -0.1) is 0 Å². The summed E-state index contributed by atoms with van der Waals surface area (Å²) in [5, 5.41) is 0.940. The first-order valence-corrected chi connectivity index (χ1v) is 5.73. The van der Waals surface area contributed by atoms with E-state index in [-0.39, 0.29) is 10.9 Å². The van der Waals surface area contributed by atoms with Crippen molar-refractivity contribution in [2.24, 2.45) is 0 Å². The lowest BCUT2D eigenvalue weighted by Gasteiger charge is -2.10. The fourth-order valence-corrected chi connectivity index (χ4v) is 2.42. The van der Waals surface area contributed by atoms with Gasteiger partial charge in [0.05, 0.1) is 21.8 Å². The van der Waals surface area contributed by atoms with E-state index in [1.165, 1.54) is 12.1 Å². The highest BCUT2D eigenvalue weighted by atomic mass is 16.1. The molecule has 0 saturated carbocycles. The van der Waals surface area contributed by atoms with Crippen molar-refractivity contribution in [2.75, 3.05) is 0 Å². The molecule has 0 amide bonds. The van der Waals surface area contributed by atoms with Gasteiger partial charge in [-0.3, -0.25) is 9.59 Å². The van der Waals surface area contributed by atoms with E-state index in [2.05, 4.69) is 9.97 Å². The summed E-state index contributed by atoms with van der Waals surface area (Å²) in [7, 11) is 0. The van der Waals surface area contributed by atoms with Crippen LogP contribution in [0.5, 0.6) is 0 Å². The highest BCUT2D eigenvalue weighted by Crippen LogP contribution is 2.25. The zero-order chi connectivity index (χ0) is 12.9.